The van der Waals surface area contributed by atoms with Gasteiger partial charge in [-0.05, 0) is 37.8 Å². The van der Waals surface area contributed by atoms with Crippen LogP contribution in [0, 0.1) is 22.7 Å². The van der Waals surface area contributed by atoms with E-state index in [0.717, 1.165) is 45.1 Å². The van der Waals surface area contributed by atoms with Gasteiger partial charge in [-0.1, -0.05) is 12.8 Å². The number of likely N-dealkylation sites (tertiary alicyclic amines) is 1. The lowest BCUT2D eigenvalue weighted by atomic mass is 9.97. The van der Waals surface area contributed by atoms with Crippen LogP contribution in [0.15, 0.2) is 30.5 Å². The third kappa shape index (κ3) is 8.52. The number of hydrogen-bond donors (Lipinski definition) is 4. The molecule has 2 aliphatic rings. The van der Waals surface area contributed by atoms with Gasteiger partial charge >= 0.3 is 11.9 Å². The van der Waals surface area contributed by atoms with Crippen molar-refractivity contribution >= 4 is 23.7 Å². The maximum absolute atomic E-state index is 12.6. The summed E-state index contributed by atoms with van der Waals surface area (Å²) >= 11 is 0. The summed E-state index contributed by atoms with van der Waals surface area (Å²) in [5, 5.41) is 40.2. The molecular weight excluding hydrogens is 440 g/mol. The second-order valence-corrected chi connectivity index (χ2v) is 8.20. The Morgan fingerprint density at radius 2 is 1.82 bits per heavy atom. The van der Waals surface area contributed by atoms with E-state index < -0.39 is 11.9 Å². The molecule has 2 heterocycles. The Bertz CT molecular complexity index is 957. The number of amides is 1. The van der Waals surface area contributed by atoms with Crippen molar-refractivity contribution in [1.29, 1.82) is 10.5 Å². The summed E-state index contributed by atoms with van der Waals surface area (Å²) in [5.41, 5.74) is 0.256. The highest BCUT2D eigenvalue weighted by Crippen LogP contribution is 2.30. The summed E-state index contributed by atoms with van der Waals surface area (Å²) in [6.45, 7) is 1.71. The Balaban J connectivity index is 0.000000440. The highest BCUT2D eigenvalue weighted by atomic mass is 16.4. The number of rotatable bonds is 8. The number of carbonyl (C=O) groups excluding carboxylic acids is 1. The molecule has 2 fully saturated rings. The van der Waals surface area contributed by atoms with Gasteiger partial charge in [0.1, 0.15) is 11.9 Å². The van der Waals surface area contributed by atoms with Crippen LogP contribution in [0.3, 0.4) is 0 Å². The molecule has 1 aliphatic heterocycles. The van der Waals surface area contributed by atoms with Crippen molar-refractivity contribution in [3.05, 3.63) is 36.0 Å². The van der Waals surface area contributed by atoms with E-state index in [2.05, 4.69) is 27.8 Å². The third-order valence-electron chi connectivity index (χ3n) is 5.69. The first-order chi connectivity index (χ1) is 16.3. The normalized spacial score (nSPS) is 18.8. The van der Waals surface area contributed by atoms with E-state index in [4.69, 9.17) is 15.5 Å². The van der Waals surface area contributed by atoms with Crippen molar-refractivity contribution < 1.29 is 24.6 Å². The molecule has 4 N–H and O–H groups in total. The quantitative estimate of drug-likeness (QED) is 0.408. The number of aliphatic carboxylic acids is 2. The SMILES string of the molecule is N#Cc1ccc(NCC2(NC(=O)CN3CCC[C@H]3C#N)CCCC2)nc1.O=C(O)/C=C/C(=O)O. The fourth-order valence-corrected chi connectivity index (χ4v) is 4.05. The Kier molecular flexibility index (Phi) is 9.99. The number of carboxylic acid groups (broad SMARTS) is 2. The fourth-order valence-electron chi connectivity index (χ4n) is 4.05. The van der Waals surface area contributed by atoms with E-state index in [1.54, 1.807) is 12.1 Å². The molecule has 11 heteroatoms. The maximum atomic E-state index is 12.6. The number of nitriles is 2. The van der Waals surface area contributed by atoms with E-state index in [1.807, 2.05) is 4.90 Å². The van der Waals surface area contributed by atoms with Crippen LogP contribution >= 0.6 is 0 Å². The first-order valence-electron chi connectivity index (χ1n) is 11.0. The zero-order valence-corrected chi connectivity index (χ0v) is 18.7. The summed E-state index contributed by atoms with van der Waals surface area (Å²) in [4.78, 5) is 37.9. The van der Waals surface area contributed by atoms with Gasteiger partial charge in [0.15, 0.2) is 0 Å². The highest BCUT2D eigenvalue weighted by Gasteiger charge is 2.36. The summed E-state index contributed by atoms with van der Waals surface area (Å²) in [7, 11) is 0. The molecular formula is C23H28N6O5. The third-order valence-corrected chi connectivity index (χ3v) is 5.69. The average molecular weight is 469 g/mol. The summed E-state index contributed by atoms with van der Waals surface area (Å²) in [6.07, 6.45) is 8.53. The van der Waals surface area contributed by atoms with Gasteiger partial charge in [-0.25, -0.2) is 14.6 Å². The molecule has 34 heavy (non-hydrogen) atoms. The molecule has 1 saturated carbocycles. The number of anilines is 1. The van der Waals surface area contributed by atoms with Gasteiger partial charge < -0.3 is 20.8 Å². The largest absolute Gasteiger partial charge is 0.478 e. The van der Waals surface area contributed by atoms with Gasteiger partial charge in [0.05, 0.1) is 29.8 Å². The topological polar surface area (TPSA) is 179 Å². The molecule has 1 amide bonds. The molecule has 1 aromatic heterocycles. The molecule has 0 radical (unpaired) electrons. The van der Waals surface area contributed by atoms with Crippen molar-refractivity contribution in [3.63, 3.8) is 0 Å². The van der Waals surface area contributed by atoms with Crippen LogP contribution in [-0.2, 0) is 14.4 Å². The zero-order chi connectivity index (χ0) is 25.0. The molecule has 0 spiro atoms. The van der Waals surface area contributed by atoms with Gasteiger partial charge in [-0.15, -0.1) is 0 Å². The molecule has 0 unspecified atom stereocenters. The minimum absolute atomic E-state index is 0.0105. The predicted molar refractivity (Wildman–Crippen MR) is 121 cm³/mol. The van der Waals surface area contributed by atoms with E-state index >= 15 is 0 Å². The monoisotopic (exact) mass is 468 g/mol. The van der Waals surface area contributed by atoms with E-state index in [-0.39, 0.29) is 24.0 Å². The van der Waals surface area contributed by atoms with Gasteiger partial charge in [-0.2, -0.15) is 10.5 Å². The number of pyridine rings is 1. The van der Waals surface area contributed by atoms with Gasteiger partial charge in [0.25, 0.3) is 0 Å². The van der Waals surface area contributed by atoms with E-state index in [1.165, 1.54) is 6.20 Å². The number of nitrogens with zero attached hydrogens (tertiary/aromatic N) is 4. The predicted octanol–water partition coefficient (Wildman–Crippen LogP) is 1.49. The summed E-state index contributed by atoms with van der Waals surface area (Å²) in [5.74, 6) is -1.82. The second kappa shape index (κ2) is 12.9. The number of aromatic nitrogens is 1. The zero-order valence-electron chi connectivity index (χ0n) is 18.7. The molecule has 1 aromatic rings. The lowest BCUT2D eigenvalue weighted by molar-refractivity contribution is -0.134. The lowest BCUT2D eigenvalue weighted by Crippen LogP contribution is -2.54. The van der Waals surface area contributed by atoms with Crippen molar-refractivity contribution in [2.45, 2.75) is 50.1 Å². The second-order valence-electron chi connectivity index (χ2n) is 8.20. The van der Waals surface area contributed by atoms with Crippen LogP contribution in [0.25, 0.3) is 0 Å². The first kappa shape index (κ1) is 26.3. The Hall–Kier alpha value is -3.96. The molecule has 0 aromatic carbocycles. The number of carboxylic acids is 2. The minimum Gasteiger partial charge on any atom is -0.478 e. The summed E-state index contributed by atoms with van der Waals surface area (Å²) < 4.78 is 0. The fraction of sp³-hybridized carbons (Fsp3) is 0.478. The lowest BCUT2D eigenvalue weighted by Gasteiger charge is -2.32. The maximum Gasteiger partial charge on any atom is 0.328 e. The van der Waals surface area contributed by atoms with Gasteiger partial charge in [-0.3, -0.25) is 9.69 Å². The summed E-state index contributed by atoms with van der Waals surface area (Å²) in [6, 6.07) is 7.71. The Labute approximate surface area is 197 Å². The molecule has 3 rings (SSSR count). The van der Waals surface area contributed by atoms with Crippen LogP contribution in [0.1, 0.15) is 44.1 Å². The van der Waals surface area contributed by atoms with Gasteiger partial charge in [0.2, 0.25) is 5.91 Å². The van der Waals surface area contributed by atoms with Crippen LogP contribution in [0.2, 0.25) is 0 Å². The first-order valence-corrected chi connectivity index (χ1v) is 11.0. The molecule has 1 saturated heterocycles. The van der Waals surface area contributed by atoms with Crippen molar-refractivity contribution in [2.24, 2.45) is 0 Å². The highest BCUT2D eigenvalue weighted by molar-refractivity contribution is 5.89. The van der Waals surface area contributed by atoms with Crippen molar-refractivity contribution in [3.8, 4) is 12.1 Å². The minimum atomic E-state index is -1.26. The standard InChI is InChI=1S/C19H24N6O.C4H4O4/c20-10-15-5-6-17(22-12-15)23-14-19(7-1-2-8-19)24-18(26)13-25-9-3-4-16(25)11-21;5-3(6)1-2-4(7)8/h5-6,12,16H,1-4,7-9,13-14H2,(H,22,23)(H,24,26);1-2H,(H,5,6)(H,7,8)/b;2-1+/t16-;/m0./s1. The smallest absolute Gasteiger partial charge is 0.328 e. The van der Waals surface area contributed by atoms with Gasteiger partial charge in [0, 0.05) is 31.4 Å². The van der Waals surface area contributed by atoms with E-state index in [0.29, 0.717) is 30.1 Å². The van der Waals surface area contributed by atoms with Crippen LogP contribution in [0.5, 0.6) is 0 Å². The van der Waals surface area contributed by atoms with Crippen LogP contribution in [-0.4, -0.2) is 69.2 Å². The van der Waals surface area contributed by atoms with Crippen LogP contribution < -0.4 is 10.6 Å². The molecule has 1 aliphatic carbocycles. The Morgan fingerprint density at radius 3 is 2.35 bits per heavy atom. The van der Waals surface area contributed by atoms with Crippen molar-refractivity contribution in [1.82, 2.24) is 15.2 Å². The van der Waals surface area contributed by atoms with Crippen molar-refractivity contribution in [2.75, 3.05) is 25.0 Å². The number of hydrogen-bond acceptors (Lipinski definition) is 8. The van der Waals surface area contributed by atoms with E-state index in [9.17, 15) is 19.6 Å². The molecule has 0 bridgehead atoms. The Morgan fingerprint density at radius 1 is 1.15 bits per heavy atom. The molecule has 1 atom stereocenters. The molecule has 180 valence electrons. The molecule has 11 nitrogen and oxygen atoms in total. The average Bonchev–Trinajstić information content (AvgIpc) is 3.46. The van der Waals surface area contributed by atoms with Crippen LogP contribution in [0.4, 0.5) is 5.82 Å². The number of carbonyl (C=O) groups is 3. The number of nitrogens with one attached hydrogen (secondary N) is 2.